The van der Waals surface area contributed by atoms with E-state index < -0.39 is 0 Å². The zero-order valence-corrected chi connectivity index (χ0v) is 15.6. The Hall–Kier alpha value is -2.37. The van der Waals surface area contributed by atoms with Crippen molar-refractivity contribution in [2.75, 3.05) is 0 Å². The van der Waals surface area contributed by atoms with E-state index in [1.807, 2.05) is 31.2 Å². The van der Waals surface area contributed by atoms with Crippen molar-refractivity contribution in [3.63, 3.8) is 0 Å². The minimum absolute atomic E-state index is 0.0880. The second kappa shape index (κ2) is 8.34. The third kappa shape index (κ3) is 4.84. The summed E-state index contributed by atoms with van der Waals surface area (Å²) in [4.78, 5) is 16.5. The first-order valence-electron chi connectivity index (χ1n) is 8.14. The van der Waals surface area contributed by atoms with E-state index in [0.717, 1.165) is 11.1 Å². The number of benzene rings is 2. The summed E-state index contributed by atoms with van der Waals surface area (Å²) in [5, 5.41) is 8.14. The molecule has 3 aromatic rings. The molecule has 0 fully saturated rings. The van der Waals surface area contributed by atoms with Crippen LogP contribution in [0, 0.1) is 0 Å². The lowest BCUT2D eigenvalue weighted by Gasteiger charge is -2.14. The Morgan fingerprint density at radius 1 is 1.15 bits per heavy atom. The summed E-state index contributed by atoms with van der Waals surface area (Å²) < 4.78 is 5.21. The minimum Gasteiger partial charge on any atom is -0.350 e. The molecular weight excluding hydrogens is 373 g/mol. The van der Waals surface area contributed by atoms with E-state index in [4.69, 9.17) is 27.7 Å². The summed E-state index contributed by atoms with van der Waals surface area (Å²) in [5.74, 6) is 0.779. The highest BCUT2D eigenvalue weighted by Gasteiger charge is 2.13. The van der Waals surface area contributed by atoms with Crippen molar-refractivity contribution in [1.29, 1.82) is 0 Å². The Balaban J connectivity index is 1.54. The largest absolute Gasteiger partial charge is 0.350 e. The zero-order chi connectivity index (χ0) is 18.5. The fourth-order valence-electron chi connectivity index (χ4n) is 2.47. The van der Waals surface area contributed by atoms with Gasteiger partial charge in [-0.15, -0.1) is 0 Å². The summed E-state index contributed by atoms with van der Waals surface area (Å²) in [5.41, 5.74) is 1.76. The second-order valence-corrected chi connectivity index (χ2v) is 6.74. The number of amides is 1. The van der Waals surface area contributed by atoms with Crippen molar-refractivity contribution in [1.82, 2.24) is 15.5 Å². The van der Waals surface area contributed by atoms with Gasteiger partial charge in [-0.3, -0.25) is 4.79 Å². The van der Waals surface area contributed by atoms with Crippen LogP contribution in [0.3, 0.4) is 0 Å². The Morgan fingerprint density at radius 2 is 1.92 bits per heavy atom. The molecule has 0 bridgehead atoms. The lowest BCUT2D eigenvalue weighted by atomic mass is 10.1. The van der Waals surface area contributed by atoms with E-state index >= 15 is 0 Å². The molecule has 0 saturated heterocycles. The SMILES string of the molecule is C[C@H](NC(=O)CCc1nc(-c2cccc(Cl)c2)no1)c1ccc(Cl)cc1. The van der Waals surface area contributed by atoms with Crippen LogP contribution in [-0.4, -0.2) is 16.0 Å². The van der Waals surface area contributed by atoms with Crippen LogP contribution in [0.25, 0.3) is 11.4 Å². The number of aryl methyl sites for hydroxylation is 1. The highest BCUT2D eigenvalue weighted by Crippen LogP contribution is 2.20. The number of carbonyl (C=O) groups is 1. The van der Waals surface area contributed by atoms with Crippen LogP contribution in [0.4, 0.5) is 0 Å². The number of nitrogens with one attached hydrogen (secondary N) is 1. The molecule has 0 aliphatic carbocycles. The first kappa shape index (κ1) is 18.4. The number of nitrogens with zero attached hydrogens (tertiary/aromatic N) is 2. The Labute approximate surface area is 161 Å². The van der Waals surface area contributed by atoms with Crippen molar-refractivity contribution in [2.24, 2.45) is 0 Å². The number of halogens is 2. The first-order chi connectivity index (χ1) is 12.5. The lowest BCUT2D eigenvalue weighted by molar-refractivity contribution is -0.121. The Kier molecular flexibility index (Phi) is 5.91. The number of carbonyl (C=O) groups excluding carboxylic acids is 1. The standard InChI is InChI=1S/C19H17Cl2N3O2/c1-12(13-5-7-15(20)8-6-13)22-17(25)9-10-18-23-19(24-26-18)14-3-2-4-16(21)11-14/h2-8,11-12H,9-10H2,1H3,(H,22,25)/t12-/m0/s1. The van der Waals surface area contributed by atoms with Crippen LogP contribution >= 0.6 is 23.2 Å². The molecule has 0 radical (unpaired) electrons. The summed E-state index contributed by atoms with van der Waals surface area (Å²) in [6.45, 7) is 1.92. The molecule has 2 aromatic carbocycles. The molecule has 3 rings (SSSR count). The maximum absolute atomic E-state index is 12.1. The van der Waals surface area contributed by atoms with Gasteiger partial charge in [0.1, 0.15) is 0 Å². The molecule has 0 unspecified atom stereocenters. The molecule has 1 aromatic heterocycles. The van der Waals surface area contributed by atoms with Crippen molar-refractivity contribution in [3.8, 4) is 11.4 Å². The molecule has 7 heteroatoms. The smallest absolute Gasteiger partial charge is 0.227 e. The van der Waals surface area contributed by atoms with E-state index in [1.54, 1.807) is 24.3 Å². The van der Waals surface area contributed by atoms with Crippen LogP contribution < -0.4 is 5.32 Å². The van der Waals surface area contributed by atoms with Gasteiger partial charge < -0.3 is 9.84 Å². The van der Waals surface area contributed by atoms with Gasteiger partial charge in [0.05, 0.1) is 6.04 Å². The van der Waals surface area contributed by atoms with E-state index in [1.165, 1.54) is 0 Å². The van der Waals surface area contributed by atoms with Crippen molar-refractivity contribution in [3.05, 3.63) is 70.0 Å². The molecule has 1 N–H and O–H groups in total. The normalized spacial score (nSPS) is 12.0. The van der Waals surface area contributed by atoms with Crippen LogP contribution in [-0.2, 0) is 11.2 Å². The predicted molar refractivity (Wildman–Crippen MR) is 101 cm³/mol. The maximum Gasteiger partial charge on any atom is 0.227 e. The van der Waals surface area contributed by atoms with E-state index in [9.17, 15) is 4.79 Å². The topological polar surface area (TPSA) is 68.0 Å². The van der Waals surface area contributed by atoms with E-state index in [-0.39, 0.29) is 18.4 Å². The average Bonchev–Trinajstić information content (AvgIpc) is 3.09. The maximum atomic E-state index is 12.1. The third-order valence-corrected chi connectivity index (χ3v) is 4.35. The third-order valence-electron chi connectivity index (χ3n) is 3.86. The molecule has 5 nitrogen and oxygen atoms in total. The zero-order valence-electron chi connectivity index (χ0n) is 14.1. The lowest BCUT2D eigenvalue weighted by Crippen LogP contribution is -2.26. The van der Waals surface area contributed by atoms with Crippen LogP contribution in [0.1, 0.15) is 30.8 Å². The number of rotatable bonds is 6. The van der Waals surface area contributed by atoms with Gasteiger partial charge in [0.15, 0.2) is 0 Å². The van der Waals surface area contributed by atoms with Gasteiger partial charge in [0, 0.05) is 28.5 Å². The van der Waals surface area contributed by atoms with E-state index in [0.29, 0.717) is 28.2 Å². The summed E-state index contributed by atoms with van der Waals surface area (Å²) in [7, 11) is 0. The summed E-state index contributed by atoms with van der Waals surface area (Å²) in [6, 6.07) is 14.5. The molecule has 1 heterocycles. The first-order valence-corrected chi connectivity index (χ1v) is 8.90. The van der Waals surface area contributed by atoms with Gasteiger partial charge in [-0.05, 0) is 36.8 Å². The Bertz CT molecular complexity index is 894. The highest BCUT2D eigenvalue weighted by atomic mass is 35.5. The van der Waals surface area contributed by atoms with E-state index in [2.05, 4.69) is 15.5 Å². The fourth-order valence-corrected chi connectivity index (χ4v) is 2.79. The van der Waals surface area contributed by atoms with Crippen LogP contribution in [0.2, 0.25) is 10.0 Å². The molecule has 1 atom stereocenters. The molecule has 0 aliphatic heterocycles. The van der Waals surface area contributed by atoms with Gasteiger partial charge in [-0.2, -0.15) is 4.98 Å². The van der Waals surface area contributed by atoms with Gasteiger partial charge in [-0.25, -0.2) is 0 Å². The van der Waals surface area contributed by atoms with Gasteiger partial charge >= 0.3 is 0 Å². The molecule has 0 aliphatic rings. The van der Waals surface area contributed by atoms with Gasteiger partial charge in [0.25, 0.3) is 0 Å². The van der Waals surface area contributed by atoms with Crippen molar-refractivity contribution >= 4 is 29.1 Å². The Morgan fingerprint density at radius 3 is 2.65 bits per heavy atom. The molecule has 134 valence electrons. The van der Waals surface area contributed by atoms with Crippen LogP contribution in [0.5, 0.6) is 0 Å². The van der Waals surface area contributed by atoms with Crippen molar-refractivity contribution in [2.45, 2.75) is 25.8 Å². The van der Waals surface area contributed by atoms with Crippen molar-refractivity contribution < 1.29 is 9.32 Å². The quantitative estimate of drug-likeness (QED) is 0.653. The van der Waals surface area contributed by atoms with Gasteiger partial charge in [0.2, 0.25) is 17.6 Å². The molecule has 0 spiro atoms. The molecule has 1 amide bonds. The second-order valence-electron chi connectivity index (χ2n) is 5.86. The summed E-state index contributed by atoms with van der Waals surface area (Å²) in [6.07, 6.45) is 0.627. The number of aromatic nitrogens is 2. The summed E-state index contributed by atoms with van der Waals surface area (Å²) >= 11 is 11.8. The highest BCUT2D eigenvalue weighted by molar-refractivity contribution is 6.31. The monoisotopic (exact) mass is 389 g/mol. The van der Waals surface area contributed by atoms with Gasteiger partial charge in [-0.1, -0.05) is 52.6 Å². The fraction of sp³-hybridized carbons (Fsp3) is 0.211. The van der Waals surface area contributed by atoms with Crippen LogP contribution in [0.15, 0.2) is 53.1 Å². The number of hydrogen-bond acceptors (Lipinski definition) is 4. The molecule has 0 saturated carbocycles. The molecular formula is C19H17Cl2N3O2. The predicted octanol–water partition coefficient (Wildman–Crippen LogP) is 4.85. The number of hydrogen-bond donors (Lipinski definition) is 1. The average molecular weight is 390 g/mol. The minimum atomic E-state index is -0.107. The molecule has 26 heavy (non-hydrogen) atoms.